The zero-order valence-corrected chi connectivity index (χ0v) is 15.2. The predicted molar refractivity (Wildman–Crippen MR) is 96.6 cm³/mol. The second kappa shape index (κ2) is 7.05. The first kappa shape index (κ1) is 18.9. The Morgan fingerprint density at radius 2 is 2.04 bits per heavy atom. The van der Waals surface area contributed by atoms with Crippen molar-refractivity contribution in [2.24, 2.45) is 0 Å². The van der Waals surface area contributed by atoms with Crippen molar-refractivity contribution in [2.45, 2.75) is 11.9 Å². The number of hydrogen-bond acceptors (Lipinski definition) is 6. The maximum Gasteiger partial charge on any atom is 0.346 e. The van der Waals surface area contributed by atoms with Gasteiger partial charge in [-0.25, -0.2) is 13.2 Å². The van der Waals surface area contributed by atoms with Gasteiger partial charge in [0.2, 0.25) is 16.1 Å². The highest BCUT2D eigenvalue weighted by atomic mass is 35.5. The van der Waals surface area contributed by atoms with Crippen LogP contribution < -0.4 is 9.04 Å². The standard InChI is InChI=1S/C16H13ClN2O7S/c17-11-5-6-14-13(7-11)18(8-15(26-14)16(20)21)27(24,25)9-10-3-1-2-4-12(10)19(22)23/h1-7,15H,8-9H2,(H,20,21)/t15-/m0/s1. The van der Waals surface area contributed by atoms with Gasteiger partial charge in [0, 0.05) is 16.7 Å². The van der Waals surface area contributed by atoms with E-state index in [2.05, 4.69) is 0 Å². The van der Waals surface area contributed by atoms with Gasteiger partial charge >= 0.3 is 5.97 Å². The maximum absolute atomic E-state index is 13.0. The highest BCUT2D eigenvalue weighted by molar-refractivity contribution is 7.92. The zero-order valence-electron chi connectivity index (χ0n) is 13.6. The van der Waals surface area contributed by atoms with Crippen LogP contribution in [0.4, 0.5) is 11.4 Å². The van der Waals surface area contributed by atoms with E-state index in [9.17, 15) is 28.4 Å². The molecule has 0 unspecified atom stereocenters. The number of carboxylic acids is 1. The van der Waals surface area contributed by atoms with Crippen LogP contribution in [0.1, 0.15) is 5.56 Å². The molecule has 27 heavy (non-hydrogen) atoms. The van der Waals surface area contributed by atoms with Crippen molar-refractivity contribution >= 4 is 39.0 Å². The molecule has 0 bridgehead atoms. The van der Waals surface area contributed by atoms with Crippen LogP contribution in [-0.2, 0) is 20.6 Å². The van der Waals surface area contributed by atoms with Crippen LogP contribution in [0.15, 0.2) is 42.5 Å². The lowest BCUT2D eigenvalue weighted by Gasteiger charge is -2.33. The number of carbonyl (C=O) groups is 1. The number of halogens is 1. The number of nitro benzene ring substituents is 1. The second-order valence-electron chi connectivity index (χ2n) is 5.73. The molecule has 9 nitrogen and oxygen atoms in total. The first-order valence-electron chi connectivity index (χ1n) is 7.61. The summed E-state index contributed by atoms with van der Waals surface area (Å²) in [6.07, 6.45) is -1.42. The molecule has 0 aliphatic carbocycles. The number of nitro groups is 1. The summed E-state index contributed by atoms with van der Waals surface area (Å²) in [5.41, 5.74) is -0.265. The van der Waals surface area contributed by atoms with Gasteiger partial charge in [0.25, 0.3) is 5.69 Å². The summed E-state index contributed by atoms with van der Waals surface area (Å²) in [5.74, 6) is -1.96. The Hall–Kier alpha value is -2.85. The normalized spacial score (nSPS) is 16.3. The molecule has 0 aromatic heterocycles. The summed E-state index contributed by atoms with van der Waals surface area (Å²) in [7, 11) is -4.16. The molecular weight excluding hydrogens is 400 g/mol. The molecule has 1 heterocycles. The molecule has 142 valence electrons. The van der Waals surface area contributed by atoms with Crippen molar-refractivity contribution in [3.05, 3.63) is 63.2 Å². The first-order valence-corrected chi connectivity index (χ1v) is 9.59. The number of ether oxygens (including phenoxy) is 1. The average molecular weight is 413 g/mol. The quantitative estimate of drug-likeness (QED) is 0.590. The molecule has 11 heteroatoms. The van der Waals surface area contributed by atoms with E-state index in [1.807, 2.05) is 0 Å². The number of aliphatic carboxylic acids is 1. The summed E-state index contributed by atoms with van der Waals surface area (Å²) in [6, 6.07) is 9.61. The Bertz CT molecular complexity index is 1030. The van der Waals surface area contributed by atoms with Crippen LogP contribution in [0.2, 0.25) is 5.02 Å². The molecule has 3 rings (SSSR count). The van der Waals surface area contributed by atoms with Crippen LogP contribution in [0, 0.1) is 10.1 Å². The smallest absolute Gasteiger partial charge is 0.346 e. The molecule has 0 saturated carbocycles. The molecule has 1 aliphatic heterocycles. The van der Waals surface area contributed by atoms with Gasteiger partial charge in [-0.2, -0.15) is 0 Å². The fourth-order valence-electron chi connectivity index (χ4n) is 2.70. The van der Waals surface area contributed by atoms with Gasteiger partial charge in [-0.05, 0) is 18.2 Å². The minimum Gasteiger partial charge on any atom is -0.478 e. The second-order valence-corrected chi connectivity index (χ2v) is 8.06. The monoisotopic (exact) mass is 412 g/mol. The van der Waals surface area contributed by atoms with Crippen molar-refractivity contribution in [1.29, 1.82) is 0 Å². The zero-order chi connectivity index (χ0) is 19.8. The Morgan fingerprint density at radius 1 is 1.33 bits per heavy atom. The highest BCUT2D eigenvalue weighted by Gasteiger charge is 2.37. The molecule has 1 aliphatic rings. The van der Waals surface area contributed by atoms with Crippen LogP contribution in [0.3, 0.4) is 0 Å². The molecule has 0 radical (unpaired) electrons. The molecule has 2 aromatic carbocycles. The number of carboxylic acid groups (broad SMARTS) is 1. The lowest BCUT2D eigenvalue weighted by Crippen LogP contribution is -2.47. The Labute approximate surface area is 158 Å². The Balaban J connectivity index is 2.04. The van der Waals surface area contributed by atoms with E-state index >= 15 is 0 Å². The molecule has 1 N–H and O–H groups in total. The van der Waals surface area contributed by atoms with E-state index < -0.39 is 39.3 Å². The summed E-state index contributed by atoms with van der Waals surface area (Å²) in [4.78, 5) is 21.8. The topological polar surface area (TPSA) is 127 Å². The molecule has 0 amide bonds. The van der Waals surface area contributed by atoms with E-state index in [1.54, 1.807) is 0 Å². The summed E-state index contributed by atoms with van der Waals surface area (Å²) >= 11 is 5.94. The number of hydrogen-bond donors (Lipinski definition) is 1. The third kappa shape index (κ3) is 3.81. The van der Waals surface area contributed by atoms with Crippen molar-refractivity contribution in [2.75, 3.05) is 10.8 Å². The average Bonchev–Trinajstić information content (AvgIpc) is 2.60. The minimum atomic E-state index is -4.16. The maximum atomic E-state index is 13.0. The van der Waals surface area contributed by atoms with Gasteiger partial charge in [0.05, 0.1) is 17.2 Å². The van der Waals surface area contributed by atoms with Gasteiger partial charge < -0.3 is 9.84 Å². The summed E-state index contributed by atoms with van der Waals surface area (Å²) in [5, 5.41) is 20.6. The number of fused-ring (bicyclic) bond motifs is 1. The molecular formula is C16H13ClN2O7S. The molecule has 0 fully saturated rings. The highest BCUT2D eigenvalue weighted by Crippen LogP contribution is 2.38. The SMILES string of the molecule is O=C(O)[C@@H]1CN(S(=O)(=O)Cc2ccccc2[N+](=O)[O-])c2cc(Cl)ccc2O1. The minimum absolute atomic E-state index is 0.00977. The number of para-hydroxylation sites is 1. The van der Waals surface area contributed by atoms with E-state index in [1.165, 1.54) is 42.5 Å². The summed E-state index contributed by atoms with van der Waals surface area (Å²) in [6.45, 7) is -0.481. The van der Waals surface area contributed by atoms with Gasteiger partial charge in [-0.15, -0.1) is 0 Å². The van der Waals surface area contributed by atoms with Crippen LogP contribution in [-0.4, -0.2) is 37.1 Å². The molecule has 1 atom stereocenters. The van der Waals surface area contributed by atoms with Crippen LogP contribution >= 0.6 is 11.6 Å². The lowest BCUT2D eigenvalue weighted by atomic mass is 10.2. The number of sulfonamides is 1. The first-order chi connectivity index (χ1) is 12.7. The number of rotatable bonds is 5. The predicted octanol–water partition coefficient (Wildman–Crippen LogP) is 2.43. The largest absolute Gasteiger partial charge is 0.478 e. The molecule has 2 aromatic rings. The van der Waals surface area contributed by atoms with Crippen molar-refractivity contribution < 1.29 is 28.0 Å². The Kier molecular flexibility index (Phi) is 4.94. The third-order valence-electron chi connectivity index (χ3n) is 3.93. The van der Waals surface area contributed by atoms with Crippen molar-refractivity contribution in [3.8, 4) is 5.75 Å². The number of benzene rings is 2. The lowest BCUT2D eigenvalue weighted by molar-refractivity contribution is -0.385. The number of nitrogens with zero attached hydrogens (tertiary/aromatic N) is 2. The van der Waals surface area contributed by atoms with Crippen molar-refractivity contribution in [3.63, 3.8) is 0 Å². The van der Waals surface area contributed by atoms with Crippen molar-refractivity contribution in [1.82, 2.24) is 0 Å². The Morgan fingerprint density at radius 3 is 2.70 bits per heavy atom. The fourth-order valence-corrected chi connectivity index (χ4v) is 4.47. The van der Waals surface area contributed by atoms with E-state index in [0.29, 0.717) is 0 Å². The van der Waals surface area contributed by atoms with Gasteiger partial charge in [0.15, 0.2) is 0 Å². The summed E-state index contributed by atoms with van der Waals surface area (Å²) < 4.78 is 32.1. The van der Waals surface area contributed by atoms with E-state index in [-0.39, 0.29) is 27.7 Å². The van der Waals surface area contributed by atoms with Crippen LogP contribution in [0.5, 0.6) is 5.75 Å². The third-order valence-corrected chi connectivity index (χ3v) is 5.86. The molecule has 0 saturated heterocycles. The fraction of sp³-hybridized carbons (Fsp3) is 0.188. The van der Waals surface area contributed by atoms with Gasteiger partial charge in [-0.3, -0.25) is 14.4 Å². The van der Waals surface area contributed by atoms with E-state index in [0.717, 1.165) is 4.31 Å². The van der Waals surface area contributed by atoms with Gasteiger partial charge in [0.1, 0.15) is 11.5 Å². The van der Waals surface area contributed by atoms with Crippen LogP contribution in [0.25, 0.3) is 0 Å². The number of anilines is 1. The van der Waals surface area contributed by atoms with E-state index in [4.69, 9.17) is 16.3 Å². The molecule has 0 spiro atoms. The van der Waals surface area contributed by atoms with Gasteiger partial charge in [-0.1, -0.05) is 29.8 Å².